The SMILES string of the molecule is CC(C)(C)CS[S]. The molecule has 0 aliphatic carbocycles. The van der Waals surface area contributed by atoms with Crippen LogP contribution in [-0.2, 0) is 0 Å². The van der Waals surface area contributed by atoms with Gasteiger partial charge in [-0.3, -0.25) is 0 Å². The molecule has 43 valence electrons. The molecule has 0 saturated heterocycles. The molecule has 0 unspecified atom stereocenters. The lowest BCUT2D eigenvalue weighted by Crippen LogP contribution is -2.06. The first-order valence-corrected chi connectivity index (χ1v) is 4.22. The van der Waals surface area contributed by atoms with Crippen LogP contribution in [0.1, 0.15) is 20.8 Å². The minimum absolute atomic E-state index is 0.409. The van der Waals surface area contributed by atoms with Gasteiger partial charge in [0, 0.05) is 5.75 Å². The molecular weight excluding hydrogens is 124 g/mol. The molecule has 0 saturated carbocycles. The van der Waals surface area contributed by atoms with Crippen LogP contribution < -0.4 is 0 Å². The quantitative estimate of drug-likeness (QED) is 0.498. The van der Waals surface area contributed by atoms with Crippen LogP contribution >= 0.6 is 22.5 Å². The summed E-state index contributed by atoms with van der Waals surface area (Å²) in [7, 11) is 1.49. The summed E-state index contributed by atoms with van der Waals surface area (Å²) >= 11 is 4.72. The first-order chi connectivity index (χ1) is 3.06. The average Bonchev–Trinajstić information content (AvgIpc) is 1.30. The van der Waals surface area contributed by atoms with Crippen molar-refractivity contribution in [3.63, 3.8) is 0 Å². The van der Waals surface area contributed by atoms with E-state index < -0.39 is 0 Å². The summed E-state index contributed by atoms with van der Waals surface area (Å²) < 4.78 is 0. The standard InChI is InChI=1S/C5H11S2/c1-5(2,3)4-7-6/h4H2,1-3H3. The predicted octanol–water partition coefficient (Wildman–Crippen LogP) is 2.88. The highest BCUT2D eigenvalue weighted by atomic mass is 33.1. The van der Waals surface area contributed by atoms with E-state index in [9.17, 15) is 0 Å². The van der Waals surface area contributed by atoms with Crippen LogP contribution in [0, 0.1) is 5.41 Å². The van der Waals surface area contributed by atoms with Crippen molar-refractivity contribution < 1.29 is 0 Å². The second kappa shape index (κ2) is 2.88. The summed E-state index contributed by atoms with van der Waals surface area (Å²) in [4.78, 5) is 0. The molecule has 0 bridgehead atoms. The van der Waals surface area contributed by atoms with Crippen molar-refractivity contribution in [2.75, 3.05) is 5.75 Å². The van der Waals surface area contributed by atoms with E-state index in [4.69, 9.17) is 11.7 Å². The maximum Gasteiger partial charge on any atom is 0.00941 e. The molecule has 0 amide bonds. The maximum absolute atomic E-state index is 4.72. The van der Waals surface area contributed by atoms with Gasteiger partial charge in [0.15, 0.2) is 0 Å². The van der Waals surface area contributed by atoms with E-state index in [0.29, 0.717) is 5.41 Å². The molecule has 0 spiro atoms. The Bertz CT molecular complexity index is 44.5. The van der Waals surface area contributed by atoms with Crippen molar-refractivity contribution in [1.29, 1.82) is 0 Å². The maximum atomic E-state index is 4.72. The highest BCUT2D eigenvalue weighted by Gasteiger charge is 2.07. The lowest BCUT2D eigenvalue weighted by molar-refractivity contribution is 0.482. The molecule has 0 aliphatic rings. The van der Waals surface area contributed by atoms with Crippen LogP contribution in [0.2, 0.25) is 0 Å². The molecule has 0 aromatic rings. The molecular formula is C5H11S2. The molecule has 1 radical (unpaired) electrons. The van der Waals surface area contributed by atoms with Crippen molar-refractivity contribution in [1.82, 2.24) is 0 Å². The highest BCUT2D eigenvalue weighted by Crippen LogP contribution is 2.21. The second-order valence-corrected chi connectivity index (χ2v) is 4.05. The van der Waals surface area contributed by atoms with E-state index in [-0.39, 0.29) is 0 Å². The number of rotatable bonds is 1. The van der Waals surface area contributed by atoms with Crippen LogP contribution in [0.15, 0.2) is 0 Å². The fraction of sp³-hybridized carbons (Fsp3) is 1.00. The smallest absolute Gasteiger partial charge is 0.00941 e. The van der Waals surface area contributed by atoms with Crippen LogP contribution in [-0.4, -0.2) is 5.75 Å². The van der Waals surface area contributed by atoms with Crippen molar-refractivity contribution in [2.24, 2.45) is 5.41 Å². The first-order valence-electron chi connectivity index (χ1n) is 2.31. The predicted molar refractivity (Wildman–Crippen MR) is 39.5 cm³/mol. The monoisotopic (exact) mass is 135 g/mol. The van der Waals surface area contributed by atoms with Gasteiger partial charge in [-0.15, -0.1) is 0 Å². The Morgan fingerprint density at radius 1 is 1.43 bits per heavy atom. The second-order valence-electron chi connectivity index (χ2n) is 2.82. The third-order valence-corrected chi connectivity index (χ3v) is 1.83. The summed E-state index contributed by atoms with van der Waals surface area (Å²) in [5.41, 5.74) is 0.409. The minimum atomic E-state index is 0.409. The van der Waals surface area contributed by atoms with Gasteiger partial charge in [0.25, 0.3) is 0 Å². The fourth-order valence-electron chi connectivity index (χ4n) is 0.177. The van der Waals surface area contributed by atoms with Crippen molar-refractivity contribution in [3.05, 3.63) is 0 Å². The molecule has 0 heterocycles. The Hall–Kier alpha value is 0.700. The van der Waals surface area contributed by atoms with Gasteiger partial charge in [-0.05, 0) is 17.1 Å². The third-order valence-electron chi connectivity index (χ3n) is 0.492. The molecule has 2 heteroatoms. The Kier molecular flexibility index (Phi) is 3.16. The summed E-state index contributed by atoms with van der Waals surface area (Å²) in [5.74, 6) is 1.07. The summed E-state index contributed by atoms with van der Waals surface area (Å²) in [6, 6.07) is 0. The summed E-state index contributed by atoms with van der Waals surface area (Å²) in [6.07, 6.45) is 0. The molecule has 0 rings (SSSR count). The molecule has 0 nitrogen and oxygen atoms in total. The van der Waals surface area contributed by atoms with E-state index in [2.05, 4.69) is 20.8 Å². The lowest BCUT2D eigenvalue weighted by Gasteiger charge is -2.13. The lowest BCUT2D eigenvalue weighted by atomic mass is 10.0. The highest BCUT2D eigenvalue weighted by molar-refractivity contribution is 8.68. The van der Waals surface area contributed by atoms with Crippen LogP contribution in [0.25, 0.3) is 0 Å². The minimum Gasteiger partial charge on any atom is -0.0812 e. The zero-order valence-corrected chi connectivity index (χ0v) is 6.66. The topological polar surface area (TPSA) is 0 Å². The van der Waals surface area contributed by atoms with E-state index in [1.165, 1.54) is 10.8 Å². The van der Waals surface area contributed by atoms with Gasteiger partial charge in [-0.25, -0.2) is 0 Å². The third kappa shape index (κ3) is 6.70. The Morgan fingerprint density at radius 2 is 1.86 bits per heavy atom. The molecule has 0 atom stereocenters. The van der Waals surface area contributed by atoms with Gasteiger partial charge in [0.05, 0.1) is 0 Å². The van der Waals surface area contributed by atoms with Gasteiger partial charge in [0.2, 0.25) is 0 Å². The summed E-state index contributed by atoms with van der Waals surface area (Å²) in [6.45, 7) is 6.56. The molecule has 0 aromatic heterocycles. The largest absolute Gasteiger partial charge is 0.0812 e. The Labute approximate surface area is 54.9 Å². The fourth-order valence-corrected chi connectivity index (χ4v) is 1.59. The molecule has 0 aromatic carbocycles. The van der Waals surface area contributed by atoms with E-state index in [0.717, 1.165) is 5.75 Å². The van der Waals surface area contributed by atoms with Crippen LogP contribution in [0.3, 0.4) is 0 Å². The van der Waals surface area contributed by atoms with Crippen molar-refractivity contribution in [3.8, 4) is 0 Å². The van der Waals surface area contributed by atoms with E-state index >= 15 is 0 Å². The van der Waals surface area contributed by atoms with Crippen LogP contribution in [0.5, 0.6) is 0 Å². The van der Waals surface area contributed by atoms with Gasteiger partial charge in [-0.2, -0.15) is 0 Å². The summed E-state index contributed by atoms with van der Waals surface area (Å²) in [5, 5.41) is 0. The van der Waals surface area contributed by atoms with Gasteiger partial charge < -0.3 is 0 Å². The van der Waals surface area contributed by atoms with Gasteiger partial charge >= 0.3 is 0 Å². The van der Waals surface area contributed by atoms with Crippen molar-refractivity contribution in [2.45, 2.75) is 20.8 Å². The molecule has 0 aliphatic heterocycles. The average molecular weight is 135 g/mol. The number of hydrogen-bond acceptors (Lipinski definition) is 1. The molecule has 0 N–H and O–H groups in total. The Balaban J connectivity index is 3.15. The first kappa shape index (κ1) is 7.70. The van der Waals surface area contributed by atoms with Crippen molar-refractivity contribution >= 4 is 22.5 Å². The van der Waals surface area contributed by atoms with Gasteiger partial charge in [0.1, 0.15) is 0 Å². The normalized spacial score (nSPS) is 12.0. The van der Waals surface area contributed by atoms with E-state index in [1.54, 1.807) is 0 Å². The zero-order chi connectivity index (χ0) is 5.91. The zero-order valence-electron chi connectivity index (χ0n) is 5.02. The van der Waals surface area contributed by atoms with E-state index in [1.807, 2.05) is 0 Å². The molecule has 0 fully saturated rings. The van der Waals surface area contributed by atoms with Gasteiger partial charge in [-0.1, -0.05) is 31.6 Å². The Morgan fingerprint density at radius 3 is 1.86 bits per heavy atom. The van der Waals surface area contributed by atoms with Crippen LogP contribution in [0.4, 0.5) is 0 Å². The molecule has 7 heavy (non-hydrogen) atoms. The number of hydrogen-bond donors (Lipinski definition) is 0.